The van der Waals surface area contributed by atoms with Crippen molar-refractivity contribution in [3.05, 3.63) is 12.7 Å². The smallest absolute Gasteiger partial charge is 0.0351 e. The zero-order valence-corrected chi connectivity index (χ0v) is 8.79. The molecule has 0 aromatic heterocycles. The van der Waals surface area contributed by atoms with Gasteiger partial charge in [-0.25, -0.2) is 0 Å². The number of rotatable bonds is 5. The Bertz CT molecular complexity index is 94.1. The number of alkyl halides is 1. The summed E-state index contributed by atoms with van der Waals surface area (Å²) in [5.74, 6) is 0.700. The van der Waals surface area contributed by atoms with E-state index in [2.05, 4.69) is 25.3 Å². The molecule has 0 atom stereocenters. The van der Waals surface area contributed by atoms with Crippen molar-refractivity contribution < 1.29 is 0 Å². The van der Waals surface area contributed by atoms with Gasteiger partial charge >= 0.3 is 0 Å². The summed E-state index contributed by atoms with van der Waals surface area (Å²) in [5, 5.41) is 0. The largest absolute Gasteiger partial charge is 0.296 e. The third-order valence-electron chi connectivity index (χ3n) is 1.47. The lowest BCUT2D eigenvalue weighted by atomic mass is 10.3. The zero-order valence-electron chi connectivity index (χ0n) is 7.22. The first-order valence-corrected chi connectivity index (χ1v) is 4.16. The van der Waals surface area contributed by atoms with Crippen LogP contribution in [0.3, 0.4) is 0 Å². The standard InChI is InChI=1S/C8H16ClN.ClH/c1-4-6-10(7-5-9)8(2)3;/h4,8H,1,5-7H2,2-3H3;1H. The van der Waals surface area contributed by atoms with E-state index in [4.69, 9.17) is 11.6 Å². The average Bonchev–Trinajstić information content (AvgIpc) is 1.87. The zero-order chi connectivity index (χ0) is 7.98. The molecule has 0 amide bonds. The first-order chi connectivity index (χ1) is 4.72. The van der Waals surface area contributed by atoms with Crippen LogP contribution >= 0.6 is 24.0 Å². The van der Waals surface area contributed by atoms with E-state index in [1.54, 1.807) is 0 Å². The maximum Gasteiger partial charge on any atom is 0.0351 e. The topological polar surface area (TPSA) is 3.24 Å². The van der Waals surface area contributed by atoms with Crippen molar-refractivity contribution in [2.45, 2.75) is 19.9 Å². The predicted molar refractivity (Wildman–Crippen MR) is 54.9 cm³/mol. The average molecular weight is 198 g/mol. The van der Waals surface area contributed by atoms with Gasteiger partial charge in [-0.05, 0) is 13.8 Å². The normalized spacial score (nSPS) is 9.91. The summed E-state index contributed by atoms with van der Waals surface area (Å²) in [6.07, 6.45) is 1.91. The number of hydrogen-bond acceptors (Lipinski definition) is 1. The first kappa shape index (κ1) is 13.8. The summed E-state index contributed by atoms with van der Waals surface area (Å²) in [4.78, 5) is 2.28. The van der Waals surface area contributed by atoms with Crippen LogP contribution in [-0.2, 0) is 0 Å². The van der Waals surface area contributed by atoms with Crippen molar-refractivity contribution >= 4 is 24.0 Å². The number of halogens is 2. The molecule has 0 unspecified atom stereocenters. The Balaban J connectivity index is 0. The summed E-state index contributed by atoms with van der Waals surface area (Å²) in [6.45, 7) is 9.89. The molecular weight excluding hydrogens is 181 g/mol. The fraction of sp³-hybridized carbons (Fsp3) is 0.750. The molecular formula is C8H17Cl2N. The van der Waals surface area contributed by atoms with E-state index in [1.165, 1.54) is 0 Å². The molecule has 3 heteroatoms. The Morgan fingerprint density at radius 1 is 1.55 bits per heavy atom. The van der Waals surface area contributed by atoms with E-state index in [0.29, 0.717) is 11.9 Å². The molecule has 0 spiro atoms. The van der Waals surface area contributed by atoms with Crippen molar-refractivity contribution in [1.82, 2.24) is 4.90 Å². The van der Waals surface area contributed by atoms with Crippen LogP contribution in [0.4, 0.5) is 0 Å². The molecule has 0 saturated heterocycles. The van der Waals surface area contributed by atoms with Crippen LogP contribution in [-0.4, -0.2) is 29.9 Å². The van der Waals surface area contributed by atoms with Crippen LogP contribution in [0, 0.1) is 0 Å². The van der Waals surface area contributed by atoms with Gasteiger partial charge in [0.05, 0.1) is 0 Å². The summed E-state index contributed by atoms with van der Waals surface area (Å²) in [7, 11) is 0. The highest BCUT2D eigenvalue weighted by atomic mass is 35.5. The summed E-state index contributed by atoms with van der Waals surface area (Å²) in [6, 6.07) is 0.566. The monoisotopic (exact) mass is 197 g/mol. The third kappa shape index (κ3) is 6.67. The van der Waals surface area contributed by atoms with Crippen molar-refractivity contribution in [3.63, 3.8) is 0 Å². The van der Waals surface area contributed by atoms with E-state index in [1.807, 2.05) is 6.08 Å². The Kier molecular flexibility index (Phi) is 10.5. The maximum absolute atomic E-state index is 5.60. The van der Waals surface area contributed by atoms with Gasteiger partial charge in [0.25, 0.3) is 0 Å². The molecule has 68 valence electrons. The molecule has 0 saturated carbocycles. The highest BCUT2D eigenvalue weighted by Gasteiger charge is 2.04. The predicted octanol–water partition coefficient (Wildman–Crippen LogP) is 2.54. The summed E-state index contributed by atoms with van der Waals surface area (Å²) in [5.41, 5.74) is 0. The first-order valence-electron chi connectivity index (χ1n) is 3.63. The molecule has 11 heavy (non-hydrogen) atoms. The molecule has 0 heterocycles. The van der Waals surface area contributed by atoms with E-state index < -0.39 is 0 Å². The Hall–Kier alpha value is 0.280. The van der Waals surface area contributed by atoms with Gasteiger partial charge in [-0.1, -0.05) is 6.08 Å². The van der Waals surface area contributed by atoms with Crippen LogP contribution in [0.25, 0.3) is 0 Å². The van der Waals surface area contributed by atoms with Gasteiger partial charge in [0.15, 0.2) is 0 Å². The lowest BCUT2D eigenvalue weighted by Crippen LogP contribution is -2.32. The van der Waals surface area contributed by atoms with Gasteiger partial charge in [-0.2, -0.15) is 0 Å². The molecule has 0 aliphatic carbocycles. The SMILES string of the molecule is C=CCN(CCCl)C(C)C.Cl. The lowest BCUT2D eigenvalue weighted by Gasteiger charge is -2.23. The minimum atomic E-state index is 0. The van der Waals surface area contributed by atoms with Gasteiger partial charge in [0.1, 0.15) is 0 Å². The third-order valence-corrected chi connectivity index (χ3v) is 1.63. The number of hydrogen-bond donors (Lipinski definition) is 0. The quantitative estimate of drug-likeness (QED) is 0.484. The van der Waals surface area contributed by atoms with E-state index in [0.717, 1.165) is 13.1 Å². The Morgan fingerprint density at radius 3 is 2.36 bits per heavy atom. The molecule has 0 aromatic carbocycles. The van der Waals surface area contributed by atoms with Crippen LogP contribution < -0.4 is 0 Å². The fourth-order valence-electron chi connectivity index (χ4n) is 0.835. The molecule has 0 aliphatic rings. The second-order valence-corrected chi connectivity index (χ2v) is 2.94. The lowest BCUT2D eigenvalue weighted by molar-refractivity contribution is 0.261. The van der Waals surface area contributed by atoms with Crippen LogP contribution in [0.1, 0.15) is 13.8 Å². The number of nitrogens with zero attached hydrogens (tertiary/aromatic N) is 1. The van der Waals surface area contributed by atoms with Gasteiger partial charge in [-0.3, -0.25) is 4.90 Å². The highest BCUT2D eigenvalue weighted by molar-refractivity contribution is 6.18. The van der Waals surface area contributed by atoms with Crippen LogP contribution in [0.15, 0.2) is 12.7 Å². The second kappa shape index (κ2) is 8.38. The second-order valence-electron chi connectivity index (χ2n) is 2.57. The van der Waals surface area contributed by atoms with E-state index >= 15 is 0 Å². The maximum atomic E-state index is 5.60. The van der Waals surface area contributed by atoms with Crippen molar-refractivity contribution in [2.24, 2.45) is 0 Å². The molecule has 0 rings (SSSR count). The van der Waals surface area contributed by atoms with Gasteiger partial charge < -0.3 is 0 Å². The van der Waals surface area contributed by atoms with Crippen molar-refractivity contribution in [1.29, 1.82) is 0 Å². The highest BCUT2D eigenvalue weighted by Crippen LogP contribution is 1.97. The molecule has 0 fully saturated rings. The van der Waals surface area contributed by atoms with E-state index in [-0.39, 0.29) is 12.4 Å². The molecule has 1 nitrogen and oxygen atoms in total. The van der Waals surface area contributed by atoms with Crippen LogP contribution in [0.5, 0.6) is 0 Å². The Morgan fingerprint density at radius 2 is 2.09 bits per heavy atom. The molecule has 0 radical (unpaired) electrons. The van der Waals surface area contributed by atoms with Gasteiger partial charge in [0, 0.05) is 25.0 Å². The van der Waals surface area contributed by atoms with Gasteiger partial charge in [-0.15, -0.1) is 30.6 Å². The minimum Gasteiger partial charge on any atom is -0.296 e. The van der Waals surface area contributed by atoms with Gasteiger partial charge in [0.2, 0.25) is 0 Å². The fourth-order valence-corrected chi connectivity index (χ4v) is 1.05. The van der Waals surface area contributed by atoms with Crippen molar-refractivity contribution in [2.75, 3.05) is 19.0 Å². The molecule has 0 aromatic rings. The minimum absolute atomic E-state index is 0. The molecule has 0 N–H and O–H groups in total. The molecule has 0 bridgehead atoms. The Labute approximate surface area is 80.8 Å². The summed E-state index contributed by atoms with van der Waals surface area (Å²) < 4.78 is 0. The van der Waals surface area contributed by atoms with Crippen LogP contribution in [0.2, 0.25) is 0 Å². The molecule has 0 aliphatic heterocycles. The van der Waals surface area contributed by atoms with E-state index in [9.17, 15) is 0 Å². The summed E-state index contributed by atoms with van der Waals surface area (Å²) >= 11 is 5.60. The van der Waals surface area contributed by atoms with Crippen molar-refractivity contribution in [3.8, 4) is 0 Å².